The Kier molecular flexibility index (Phi) is 9.16. The van der Waals surface area contributed by atoms with E-state index in [9.17, 15) is 19.8 Å². The highest BCUT2D eigenvalue weighted by atomic mass is 16.6. The summed E-state index contributed by atoms with van der Waals surface area (Å²) in [5, 5.41) is 20.5. The molecule has 184 valence electrons. The van der Waals surface area contributed by atoms with Gasteiger partial charge in [-0.25, -0.2) is 4.79 Å². The molecule has 1 aromatic rings. The Balaban J connectivity index is 1.88. The summed E-state index contributed by atoms with van der Waals surface area (Å²) in [4.78, 5) is 32.6. The Hall–Kier alpha value is -3.26. The van der Waals surface area contributed by atoms with E-state index in [1.54, 1.807) is 17.9 Å². The zero-order valence-electron chi connectivity index (χ0n) is 19.9. The Morgan fingerprint density at radius 2 is 1.94 bits per heavy atom. The number of amides is 1. The van der Waals surface area contributed by atoms with Crippen molar-refractivity contribution in [3.05, 3.63) is 52.8 Å². The molecule has 1 atom stereocenters. The third-order valence-corrected chi connectivity index (χ3v) is 5.79. The summed E-state index contributed by atoms with van der Waals surface area (Å²) in [6, 6.07) is 2.47. The molecule has 1 saturated heterocycles. The number of ether oxygens (including phenoxy) is 1. The maximum atomic E-state index is 12.8. The normalized spacial score (nSPS) is 22.9. The molecule has 0 aromatic heterocycles. The van der Waals surface area contributed by atoms with Crippen LogP contribution in [0.1, 0.15) is 68.3 Å². The highest BCUT2D eigenvalue weighted by molar-refractivity contribution is 5.97. The summed E-state index contributed by atoms with van der Waals surface area (Å²) >= 11 is 0. The highest BCUT2D eigenvalue weighted by Gasteiger charge is 2.21. The number of fused-ring (bicyclic) bond motifs is 1. The number of carbonyl (C=O) groups is 2. The third-order valence-electron chi connectivity index (χ3n) is 5.79. The van der Waals surface area contributed by atoms with Gasteiger partial charge in [-0.2, -0.15) is 0 Å². The predicted molar refractivity (Wildman–Crippen MR) is 129 cm³/mol. The van der Waals surface area contributed by atoms with Crippen LogP contribution in [0.3, 0.4) is 0 Å². The average molecular weight is 471 g/mol. The molecule has 0 radical (unpaired) electrons. The van der Waals surface area contributed by atoms with E-state index in [0.717, 1.165) is 56.8 Å². The molecule has 0 saturated carbocycles. The van der Waals surface area contributed by atoms with Crippen molar-refractivity contribution in [3.8, 4) is 11.5 Å². The lowest BCUT2D eigenvalue weighted by Crippen LogP contribution is -2.39. The van der Waals surface area contributed by atoms with Crippen LogP contribution < -0.4 is 5.48 Å². The van der Waals surface area contributed by atoms with Gasteiger partial charge < -0.3 is 19.8 Å². The van der Waals surface area contributed by atoms with Gasteiger partial charge in [-0.3, -0.25) is 15.1 Å². The van der Waals surface area contributed by atoms with Crippen LogP contribution in [-0.2, 0) is 14.4 Å². The predicted octanol–water partition coefficient (Wildman–Crippen LogP) is 4.20. The smallest absolute Gasteiger partial charge is 0.342 e. The number of hydroxylamine groups is 1. The molecule has 0 spiro atoms. The van der Waals surface area contributed by atoms with Gasteiger partial charge in [0.1, 0.15) is 23.2 Å². The third kappa shape index (κ3) is 7.38. The summed E-state index contributed by atoms with van der Waals surface area (Å²) < 4.78 is 5.50. The fourth-order valence-corrected chi connectivity index (χ4v) is 4.00. The van der Waals surface area contributed by atoms with E-state index in [1.165, 1.54) is 6.07 Å². The molecule has 1 fully saturated rings. The topological polar surface area (TPSA) is 108 Å². The van der Waals surface area contributed by atoms with Crippen LogP contribution in [0.4, 0.5) is 0 Å². The zero-order chi connectivity index (χ0) is 24.5. The number of allylic oxidation sites excluding steroid dienone is 3. The standard InChI is InChI=1S/C26H34N2O6/c1-18-9-5-3-6-10-19(2)34-26(32)25-20(15-22(29)16-23(25)30)14-21(13-18)27-33-17-24(31)28-11-7-4-8-12-28/h3,6,13-16,19,27,29-30H,4-5,7-12,17H2,1-2H3/b6-3?,18-13+,21-14-/t19-/m1/s1. The van der Waals surface area contributed by atoms with Crippen LogP contribution in [0.5, 0.6) is 11.5 Å². The van der Waals surface area contributed by atoms with Gasteiger partial charge in [-0.1, -0.05) is 17.7 Å². The maximum absolute atomic E-state index is 12.8. The number of carbonyl (C=O) groups excluding carboxylic acids is 2. The van der Waals surface area contributed by atoms with Crippen LogP contribution >= 0.6 is 0 Å². The monoisotopic (exact) mass is 470 g/mol. The lowest BCUT2D eigenvalue weighted by molar-refractivity contribution is -0.139. The van der Waals surface area contributed by atoms with Crippen LogP contribution in [0, 0.1) is 0 Å². The number of nitrogens with one attached hydrogen (secondary N) is 1. The van der Waals surface area contributed by atoms with Crippen molar-refractivity contribution in [2.75, 3.05) is 19.7 Å². The van der Waals surface area contributed by atoms with Gasteiger partial charge in [0.15, 0.2) is 6.61 Å². The summed E-state index contributed by atoms with van der Waals surface area (Å²) in [7, 11) is 0. The SMILES string of the molecule is C/C1=C\C(NOCC(=O)N2CCCCC2)=C\c2cc(O)cc(O)c2C(=O)O[C@H](C)CC=CCC1. The molecule has 0 aliphatic carbocycles. The van der Waals surface area contributed by atoms with E-state index in [-0.39, 0.29) is 41.2 Å². The molecule has 8 nitrogen and oxygen atoms in total. The number of phenolic OH excluding ortho intramolecular Hbond substituents is 2. The summed E-state index contributed by atoms with van der Waals surface area (Å²) in [6.45, 7) is 5.11. The minimum atomic E-state index is -0.692. The number of hydrogen-bond acceptors (Lipinski definition) is 7. The van der Waals surface area contributed by atoms with Gasteiger partial charge in [-0.15, -0.1) is 0 Å². The van der Waals surface area contributed by atoms with Crippen molar-refractivity contribution < 1.29 is 29.4 Å². The van der Waals surface area contributed by atoms with Crippen molar-refractivity contribution in [3.63, 3.8) is 0 Å². The first kappa shape index (κ1) is 25.4. The molecule has 34 heavy (non-hydrogen) atoms. The first-order chi connectivity index (χ1) is 16.3. The van der Waals surface area contributed by atoms with Crippen LogP contribution in [0.15, 0.2) is 41.6 Å². The first-order valence-electron chi connectivity index (χ1n) is 11.8. The maximum Gasteiger partial charge on any atom is 0.342 e. The van der Waals surface area contributed by atoms with Gasteiger partial charge in [0.05, 0.1) is 5.70 Å². The number of benzene rings is 1. The minimum absolute atomic E-state index is 0.0552. The molecular formula is C26H34N2O6. The number of nitrogens with zero attached hydrogens (tertiary/aromatic N) is 1. The highest BCUT2D eigenvalue weighted by Crippen LogP contribution is 2.30. The fourth-order valence-electron chi connectivity index (χ4n) is 4.00. The van der Waals surface area contributed by atoms with E-state index in [4.69, 9.17) is 9.57 Å². The van der Waals surface area contributed by atoms with Crippen molar-refractivity contribution in [1.82, 2.24) is 10.4 Å². The Morgan fingerprint density at radius 3 is 2.71 bits per heavy atom. The van der Waals surface area contributed by atoms with E-state index in [1.807, 2.05) is 25.2 Å². The second kappa shape index (κ2) is 12.3. The number of esters is 1. The molecule has 3 rings (SSSR count). The number of piperidine rings is 1. The number of likely N-dealkylation sites (tertiary alicyclic amines) is 1. The lowest BCUT2D eigenvalue weighted by atomic mass is 10.0. The molecule has 2 heterocycles. The van der Waals surface area contributed by atoms with Gasteiger partial charge in [0.2, 0.25) is 0 Å². The summed E-state index contributed by atoms with van der Waals surface area (Å²) in [6.07, 6.45) is 12.4. The van der Waals surface area contributed by atoms with E-state index >= 15 is 0 Å². The van der Waals surface area contributed by atoms with Gasteiger partial charge in [-0.05, 0) is 69.7 Å². The average Bonchev–Trinajstić information content (AvgIpc) is 2.78. The zero-order valence-corrected chi connectivity index (χ0v) is 19.9. The van der Waals surface area contributed by atoms with Crippen LogP contribution in [-0.4, -0.2) is 52.8 Å². The molecule has 2 aliphatic heterocycles. The first-order valence-corrected chi connectivity index (χ1v) is 11.8. The molecule has 0 unspecified atom stereocenters. The summed E-state index contributed by atoms with van der Waals surface area (Å²) in [5.41, 5.74) is 4.54. The molecule has 8 heteroatoms. The van der Waals surface area contributed by atoms with E-state index < -0.39 is 5.97 Å². The molecule has 3 N–H and O–H groups in total. The van der Waals surface area contributed by atoms with Crippen LogP contribution in [0.2, 0.25) is 0 Å². The van der Waals surface area contributed by atoms with E-state index in [0.29, 0.717) is 12.1 Å². The molecule has 0 bridgehead atoms. The second-order valence-corrected chi connectivity index (χ2v) is 8.81. The number of cyclic esters (lactones) is 1. The van der Waals surface area contributed by atoms with Gasteiger partial charge in [0.25, 0.3) is 5.91 Å². The minimum Gasteiger partial charge on any atom is -0.508 e. The van der Waals surface area contributed by atoms with Crippen molar-refractivity contribution in [2.45, 2.75) is 58.5 Å². The quantitative estimate of drug-likeness (QED) is 0.344. The van der Waals surface area contributed by atoms with Crippen molar-refractivity contribution in [2.24, 2.45) is 0 Å². The fraction of sp³-hybridized carbons (Fsp3) is 0.462. The number of rotatable bonds is 4. The number of phenols is 2. The lowest BCUT2D eigenvalue weighted by Gasteiger charge is -2.26. The Bertz CT molecular complexity index is 976. The Labute approximate surface area is 200 Å². The number of aromatic hydroxyl groups is 2. The van der Waals surface area contributed by atoms with Gasteiger partial charge in [0, 0.05) is 25.6 Å². The van der Waals surface area contributed by atoms with E-state index in [2.05, 4.69) is 5.48 Å². The van der Waals surface area contributed by atoms with Crippen LogP contribution in [0.25, 0.3) is 6.08 Å². The summed E-state index contributed by atoms with van der Waals surface area (Å²) in [5.74, 6) is -1.36. The molecular weight excluding hydrogens is 436 g/mol. The van der Waals surface area contributed by atoms with Crippen molar-refractivity contribution in [1.29, 1.82) is 0 Å². The second-order valence-electron chi connectivity index (χ2n) is 8.81. The largest absolute Gasteiger partial charge is 0.508 e. The molecule has 1 amide bonds. The number of hydrogen-bond donors (Lipinski definition) is 3. The Morgan fingerprint density at radius 1 is 1.18 bits per heavy atom. The molecule has 2 aliphatic rings. The van der Waals surface area contributed by atoms with Crippen molar-refractivity contribution >= 4 is 18.0 Å². The molecule has 1 aromatic carbocycles. The van der Waals surface area contributed by atoms with Gasteiger partial charge >= 0.3 is 5.97 Å².